The molecule has 1 rings (SSSR count). The summed E-state index contributed by atoms with van der Waals surface area (Å²) in [5.74, 6) is -0.301. The van der Waals surface area contributed by atoms with Gasteiger partial charge in [0.05, 0.1) is 22.7 Å². The summed E-state index contributed by atoms with van der Waals surface area (Å²) in [6.45, 7) is 3.33. The Labute approximate surface area is 108 Å². The normalized spacial score (nSPS) is 11.3. The van der Waals surface area contributed by atoms with E-state index < -0.39 is 5.54 Å². The number of carbonyl (C=O) groups excluding carboxylic acids is 1. The van der Waals surface area contributed by atoms with Crippen LogP contribution in [0.25, 0.3) is 0 Å². The van der Waals surface area contributed by atoms with Crippen LogP contribution in [-0.4, -0.2) is 23.2 Å². The molecule has 0 radical (unpaired) electrons. The maximum atomic E-state index is 11.9. The highest BCUT2D eigenvalue weighted by molar-refractivity contribution is 9.10. The molecule has 2 N–H and O–H groups in total. The number of nitrogens with one attached hydrogen (secondary N) is 1. The van der Waals surface area contributed by atoms with Crippen LogP contribution in [0, 0.1) is 0 Å². The molecular weight excluding hydrogens is 293 g/mol. The van der Waals surface area contributed by atoms with Crippen LogP contribution in [0.5, 0.6) is 0 Å². The molecule has 1 amide bonds. The average Bonchev–Trinajstić information content (AvgIpc) is 2.21. The molecular formula is C11H13BrClNO2. The Morgan fingerprint density at radius 2 is 2.19 bits per heavy atom. The molecule has 1 aromatic carbocycles. The van der Waals surface area contributed by atoms with Crippen LogP contribution in [0.4, 0.5) is 0 Å². The van der Waals surface area contributed by atoms with E-state index in [-0.39, 0.29) is 12.5 Å². The summed E-state index contributed by atoms with van der Waals surface area (Å²) in [4.78, 5) is 11.9. The molecule has 0 aliphatic rings. The van der Waals surface area contributed by atoms with Crippen LogP contribution in [0.15, 0.2) is 22.7 Å². The average molecular weight is 307 g/mol. The summed E-state index contributed by atoms with van der Waals surface area (Å²) in [6, 6.07) is 5.05. The van der Waals surface area contributed by atoms with Gasteiger partial charge in [-0.3, -0.25) is 4.79 Å². The van der Waals surface area contributed by atoms with Crippen molar-refractivity contribution in [3.8, 4) is 0 Å². The number of hydrogen-bond donors (Lipinski definition) is 2. The van der Waals surface area contributed by atoms with Crippen molar-refractivity contribution in [1.29, 1.82) is 0 Å². The fourth-order valence-electron chi connectivity index (χ4n) is 1.09. The van der Waals surface area contributed by atoms with Crippen molar-refractivity contribution in [3.63, 3.8) is 0 Å². The highest BCUT2D eigenvalue weighted by Crippen LogP contribution is 2.21. The zero-order valence-corrected chi connectivity index (χ0v) is 11.4. The smallest absolute Gasteiger partial charge is 0.253 e. The van der Waals surface area contributed by atoms with E-state index in [1.807, 2.05) is 0 Å². The van der Waals surface area contributed by atoms with Crippen LogP contribution in [0.1, 0.15) is 24.2 Å². The minimum Gasteiger partial charge on any atom is -0.394 e. The van der Waals surface area contributed by atoms with Gasteiger partial charge in [0.1, 0.15) is 0 Å². The Kier molecular flexibility index (Phi) is 4.35. The summed E-state index contributed by atoms with van der Waals surface area (Å²) < 4.78 is 0.781. The Bertz CT molecular complexity index is 407. The van der Waals surface area contributed by atoms with Gasteiger partial charge < -0.3 is 10.4 Å². The SMILES string of the molecule is CC(C)(CO)NC(=O)c1cc(Br)ccc1Cl. The van der Waals surface area contributed by atoms with Crippen molar-refractivity contribution >= 4 is 33.4 Å². The number of aliphatic hydroxyl groups is 1. The minimum atomic E-state index is -0.664. The molecule has 88 valence electrons. The summed E-state index contributed by atoms with van der Waals surface area (Å²) in [5, 5.41) is 12.1. The lowest BCUT2D eigenvalue weighted by atomic mass is 10.1. The van der Waals surface area contributed by atoms with Gasteiger partial charge in [-0.1, -0.05) is 27.5 Å². The highest BCUT2D eigenvalue weighted by Gasteiger charge is 2.21. The standard InChI is InChI=1S/C11H13BrClNO2/c1-11(2,6-15)14-10(16)8-5-7(12)3-4-9(8)13/h3-5,15H,6H2,1-2H3,(H,14,16). The zero-order valence-electron chi connectivity index (χ0n) is 9.05. The number of halogens is 2. The van der Waals surface area contributed by atoms with Crippen molar-refractivity contribution in [1.82, 2.24) is 5.32 Å². The van der Waals surface area contributed by atoms with E-state index >= 15 is 0 Å². The Balaban J connectivity index is 2.93. The predicted molar refractivity (Wildman–Crippen MR) is 67.8 cm³/mol. The van der Waals surface area contributed by atoms with Crippen LogP contribution >= 0.6 is 27.5 Å². The second-order valence-corrected chi connectivity index (χ2v) is 5.44. The third kappa shape index (κ3) is 3.47. The fraction of sp³-hybridized carbons (Fsp3) is 0.364. The first-order valence-corrected chi connectivity index (χ1v) is 5.91. The predicted octanol–water partition coefficient (Wildman–Crippen LogP) is 2.60. The van der Waals surface area contributed by atoms with Gasteiger partial charge in [-0.05, 0) is 32.0 Å². The molecule has 0 saturated heterocycles. The van der Waals surface area contributed by atoms with Crippen LogP contribution in [-0.2, 0) is 0 Å². The van der Waals surface area contributed by atoms with E-state index in [9.17, 15) is 4.79 Å². The lowest BCUT2D eigenvalue weighted by molar-refractivity contribution is 0.0869. The first kappa shape index (κ1) is 13.5. The number of aliphatic hydroxyl groups excluding tert-OH is 1. The summed E-state index contributed by atoms with van der Waals surface area (Å²) in [6.07, 6.45) is 0. The maximum absolute atomic E-state index is 11.9. The van der Waals surface area contributed by atoms with Crippen LogP contribution in [0.2, 0.25) is 5.02 Å². The number of rotatable bonds is 3. The molecule has 0 aliphatic heterocycles. The van der Waals surface area contributed by atoms with Gasteiger partial charge in [0, 0.05) is 4.47 Å². The molecule has 16 heavy (non-hydrogen) atoms. The quantitative estimate of drug-likeness (QED) is 0.902. The van der Waals surface area contributed by atoms with E-state index in [1.54, 1.807) is 32.0 Å². The van der Waals surface area contributed by atoms with E-state index in [0.29, 0.717) is 10.6 Å². The van der Waals surface area contributed by atoms with Crippen molar-refractivity contribution in [2.75, 3.05) is 6.61 Å². The van der Waals surface area contributed by atoms with Crippen molar-refractivity contribution in [2.45, 2.75) is 19.4 Å². The van der Waals surface area contributed by atoms with Gasteiger partial charge in [-0.25, -0.2) is 0 Å². The summed E-state index contributed by atoms with van der Waals surface area (Å²) in [7, 11) is 0. The second kappa shape index (κ2) is 5.17. The zero-order chi connectivity index (χ0) is 12.3. The van der Waals surface area contributed by atoms with Gasteiger partial charge in [0.2, 0.25) is 0 Å². The van der Waals surface area contributed by atoms with E-state index in [0.717, 1.165) is 4.47 Å². The number of amides is 1. The van der Waals surface area contributed by atoms with Crippen LogP contribution < -0.4 is 5.32 Å². The van der Waals surface area contributed by atoms with Crippen molar-refractivity contribution in [2.24, 2.45) is 0 Å². The van der Waals surface area contributed by atoms with Gasteiger partial charge in [-0.2, -0.15) is 0 Å². The monoisotopic (exact) mass is 305 g/mol. The van der Waals surface area contributed by atoms with Crippen LogP contribution in [0.3, 0.4) is 0 Å². The summed E-state index contributed by atoms with van der Waals surface area (Å²) >= 11 is 9.19. The van der Waals surface area contributed by atoms with Gasteiger partial charge in [-0.15, -0.1) is 0 Å². The van der Waals surface area contributed by atoms with Crippen molar-refractivity contribution < 1.29 is 9.90 Å². The maximum Gasteiger partial charge on any atom is 0.253 e. The lowest BCUT2D eigenvalue weighted by Crippen LogP contribution is -2.46. The van der Waals surface area contributed by atoms with Gasteiger partial charge in [0.15, 0.2) is 0 Å². The van der Waals surface area contributed by atoms with Gasteiger partial charge in [0.25, 0.3) is 5.91 Å². The molecule has 0 heterocycles. The third-order valence-corrected chi connectivity index (χ3v) is 2.84. The molecule has 0 aromatic heterocycles. The molecule has 0 spiro atoms. The molecule has 0 saturated carbocycles. The number of benzene rings is 1. The lowest BCUT2D eigenvalue weighted by Gasteiger charge is -2.23. The number of hydrogen-bond acceptors (Lipinski definition) is 2. The molecule has 1 aromatic rings. The molecule has 0 atom stereocenters. The fourth-order valence-corrected chi connectivity index (χ4v) is 1.65. The third-order valence-electron chi connectivity index (χ3n) is 2.02. The number of carbonyl (C=O) groups is 1. The molecule has 0 bridgehead atoms. The Hall–Kier alpha value is -0.580. The van der Waals surface area contributed by atoms with Crippen molar-refractivity contribution in [3.05, 3.63) is 33.3 Å². The highest BCUT2D eigenvalue weighted by atomic mass is 79.9. The topological polar surface area (TPSA) is 49.3 Å². The molecule has 0 fully saturated rings. The van der Waals surface area contributed by atoms with E-state index in [1.165, 1.54) is 0 Å². The first-order chi connectivity index (χ1) is 7.35. The molecule has 0 aliphatic carbocycles. The largest absolute Gasteiger partial charge is 0.394 e. The van der Waals surface area contributed by atoms with Gasteiger partial charge >= 0.3 is 0 Å². The second-order valence-electron chi connectivity index (χ2n) is 4.12. The minimum absolute atomic E-state index is 0.135. The summed E-state index contributed by atoms with van der Waals surface area (Å²) in [5.41, 5.74) is -0.277. The Morgan fingerprint density at radius 1 is 1.56 bits per heavy atom. The molecule has 5 heteroatoms. The Morgan fingerprint density at radius 3 is 2.75 bits per heavy atom. The molecule has 0 unspecified atom stereocenters. The van der Waals surface area contributed by atoms with E-state index in [2.05, 4.69) is 21.2 Å². The molecule has 3 nitrogen and oxygen atoms in total. The van der Waals surface area contributed by atoms with E-state index in [4.69, 9.17) is 16.7 Å². The first-order valence-electron chi connectivity index (χ1n) is 4.74.